The Balaban J connectivity index is 1.64. The number of furan rings is 1. The van der Waals surface area contributed by atoms with Crippen LogP contribution in [0.15, 0.2) is 41.0 Å². The average molecular weight is 302 g/mol. The molecule has 3 rings (SSSR count). The van der Waals surface area contributed by atoms with Crippen molar-refractivity contribution in [3.05, 3.63) is 42.4 Å². The Morgan fingerprint density at radius 1 is 1.41 bits per heavy atom. The van der Waals surface area contributed by atoms with Crippen LogP contribution in [0, 0.1) is 0 Å². The molecule has 2 aromatic rings. The van der Waals surface area contributed by atoms with Crippen LogP contribution in [0.25, 0.3) is 0 Å². The molecule has 6 heteroatoms. The first kappa shape index (κ1) is 14.3. The molecule has 0 fully saturated rings. The van der Waals surface area contributed by atoms with Gasteiger partial charge in [-0.15, -0.1) is 0 Å². The van der Waals surface area contributed by atoms with E-state index in [0.717, 1.165) is 22.9 Å². The van der Waals surface area contributed by atoms with Crippen LogP contribution >= 0.6 is 0 Å². The van der Waals surface area contributed by atoms with E-state index < -0.39 is 0 Å². The highest BCUT2D eigenvalue weighted by molar-refractivity contribution is 5.82. The molecule has 116 valence electrons. The Morgan fingerprint density at radius 3 is 3.09 bits per heavy atom. The lowest BCUT2D eigenvalue weighted by atomic mass is 10.2. The maximum Gasteiger partial charge on any atom is 0.239 e. The van der Waals surface area contributed by atoms with Crippen molar-refractivity contribution in [1.82, 2.24) is 5.32 Å². The van der Waals surface area contributed by atoms with Gasteiger partial charge in [-0.3, -0.25) is 4.79 Å². The number of amides is 1. The third kappa shape index (κ3) is 3.16. The van der Waals surface area contributed by atoms with E-state index in [1.54, 1.807) is 19.4 Å². The first-order valence-corrected chi connectivity index (χ1v) is 7.11. The molecule has 1 aromatic carbocycles. The third-order valence-corrected chi connectivity index (χ3v) is 3.50. The van der Waals surface area contributed by atoms with Gasteiger partial charge in [-0.1, -0.05) is 0 Å². The smallest absolute Gasteiger partial charge is 0.239 e. The van der Waals surface area contributed by atoms with Crippen LogP contribution in [0.5, 0.6) is 11.5 Å². The molecule has 6 nitrogen and oxygen atoms in total. The zero-order chi connectivity index (χ0) is 15.4. The quantitative estimate of drug-likeness (QED) is 0.912. The number of anilines is 1. The number of fused-ring (bicyclic) bond motifs is 1. The average Bonchev–Trinajstić information content (AvgIpc) is 3.06. The summed E-state index contributed by atoms with van der Waals surface area (Å²) in [7, 11) is 1.62. The second kappa shape index (κ2) is 6.43. The second-order valence-corrected chi connectivity index (χ2v) is 4.96. The molecule has 0 aliphatic carbocycles. The molecule has 1 aromatic heterocycles. The topological polar surface area (TPSA) is 63.9 Å². The number of hydrogen-bond donors (Lipinski definition) is 1. The zero-order valence-electron chi connectivity index (χ0n) is 12.4. The molecule has 0 unspecified atom stereocenters. The molecule has 0 saturated heterocycles. The largest absolute Gasteiger partial charge is 0.497 e. The summed E-state index contributed by atoms with van der Waals surface area (Å²) in [5.41, 5.74) is 0.874. The Labute approximate surface area is 128 Å². The van der Waals surface area contributed by atoms with Gasteiger partial charge in [0.2, 0.25) is 5.91 Å². The molecule has 2 heterocycles. The molecule has 0 spiro atoms. The highest BCUT2D eigenvalue weighted by atomic mass is 16.5. The van der Waals surface area contributed by atoms with Crippen LogP contribution in [-0.4, -0.2) is 32.7 Å². The summed E-state index contributed by atoms with van der Waals surface area (Å²) in [5.74, 6) is 2.18. The summed E-state index contributed by atoms with van der Waals surface area (Å²) in [4.78, 5) is 14.1. The zero-order valence-corrected chi connectivity index (χ0v) is 12.4. The van der Waals surface area contributed by atoms with Crippen LogP contribution in [0.3, 0.4) is 0 Å². The van der Waals surface area contributed by atoms with Gasteiger partial charge in [-0.05, 0) is 24.3 Å². The van der Waals surface area contributed by atoms with Crippen molar-refractivity contribution in [2.75, 3.05) is 31.7 Å². The van der Waals surface area contributed by atoms with Gasteiger partial charge in [-0.2, -0.15) is 0 Å². The highest BCUT2D eigenvalue weighted by Crippen LogP contribution is 2.34. The van der Waals surface area contributed by atoms with Crippen LogP contribution in [0.1, 0.15) is 5.76 Å². The van der Waals surface area contributed by atoms with E-state index in [-0.39, 0.29) is 12.5 Å². The predicted molar refractivity (Wildman–Crippen MR) is 81.3 cm³/mol. The van der Waals surface area contributed by atoms with Crippen LogP contribution in [-0.2, 0) is 11.3 Å². The van der Waals surface area contributed by atoms with Gasteiger partial charge < -0.3 is 24.1 Å². The number of carbonyl (C=O) groups is 1. The van der Waals surface area contributed by atoms with Gasteiger partial charge in [-0.25, -0.2) is 0 Å². The molecule has 0 saturated carbocycles. The van der Waals surface area contributed by atoms with E-state index in [0.29, 0.717) is 19.7 Å². The predicted octanol–water partition coefficient (Wildman–Crippen LogP) is 1.80. The Kier molecular flexibility index (Phi) is 4.18. The number of benzene rings is 1. The molecule has 22 heavy (non-hydrogen) atoms. The molecular formula is C16H18N2O4. The Bertz CT molecular complexity index is 640. The molecule has 0 radical (unpaired) electrons. The van der Waals surface area contributed by atoms with Crippen molar-refractivity contribution in [3.8, 4) is 11.5 Å². The van der Waals surface area contributed by atoms with Crippen LogP contribution < -0.4 is 19.7 Å². The number of nitrogens with zero attached hydrogens (tertiary/aromatic N) is 1. The Morgan fingerprint density at radius 2 is 2.32 bits per heavy atom. The minimum atomic E-state index is -0.0629. The Hall–Kier alpha value is -2.63. The summed E-state index contributed by atoms with van der Waals surface area (Å²) in [6.45, 7) is 1.88. The van der Waals surface area contributed by atoms with Gasteiger partial charge in [0.1, 0.15) is 23.9 Å². The summed E-state index contributed by atoms with van der Waals surface area (Å²) in [6, 6.07) is 9.22. The second-order valence-electron chi connectivity index (χ2n) is 4.96. The lowest BCUT2D eigenvalue weighted by Crippen LogP contribution is -2.41. The van der Waals surface area contributed by atoms with Gasteiger partial charge in [0.25, 0.3) is 0 Å². The lowest BCUT2D eigenvalue weighted by molar-refractivity contribution is -0.120. The summed E-state index contributed by atoms with van der Waals surface area (Å²) >= 11 is 0. The molecule has 1 aliphatic rings. The van der Waals surface area contributed by atoms with Gasteiger partial charge >= 0.3 is 0 Å². The standard InChI is InChI=1S/C16H18N2O4/c1-20-12-4-5-15-14(9-12)18(6-8-22-15)11-16(19)17-10-13-3-2-7-21-13/h2-5,7,9H,6,8,10-11H2,1H3,(H,17,19). The fourth-order valence-electron chi connectivity index (χ4n) is 2.37. The van der Waals surface area contributed by atoms with E-state index >= 15 is 0 Å². The van der Waals surface area contributed by atoms with Gasteiger partial charge in [0, 0.05) is 6.07 Å². The number of methoxy groups -OCH3 is 1. The molecule has 1 amide bonds. The van der Waals surface area contributed by atoms with Crippen molar-refractivity contribution < 1.29 is 18.7 Å². The van der Waals surface area contributed by atoms with Gasteiger partial charge in [0.05, 0.1) is 38.7 Å². The number of rotatable bonds is 5. The van der Waals surface area contributed by atoms with Crippen molar-refractivity contribution >= 4 is 11.6 Å². The summed E-state index contributed by atoms with van der Waals surface area (Å²) in [5, 5.41) is 2.85. The minimum absolute atomic E-state index is 0.0629. The monoisotopic (exact) mass is 302 g/mol. The number of nitrogens with one attached hydrogen (secondary N) is 1. The van der Waals surface area contributed by atoms with Gasteiger partial charge in [0.15, 0.2) is 0 Å². The van der Waals surface area contributed by atoms with Crippen LogP contribution in [0.4, 0.5) is 5.69 Å². The van der Waals surface area contributed by atoms with Crippen molar-refractivity contribution in [2.24, 2.45) is 0 Å². The van der Waals surface area contributed by atoms with Crippen molar-refractivity contribution in [3.63, 3.8) is 0 Å². The van der Waals surface area contributed by atoms with E-state index in [1.807, 2.05) is 29.2 Å². The molecule has 0 atom stereocenters. The van der Waals surface area contributed by atoms with Crippen molar-refractivity contribution in [2.45, 2.75) is 6.54 Å². The fourth-order valence-corrected chi connectivity index (χ4v) is 2.37. The molecule has 1 aliphatic heterocycles. The first-order chi connectivity index (χ1) is 10.8. The summed E-state index contributed by atoms with van der Waals surface area (Å²) in [6.07, 6.45) is 1.59. The SMILES string of the molecule is COc1ccc2c(c1)N(CC(=O)NCc1ccco1)CCO2. The first-order valence-electron chi connectivity index (χ1n) is 7.11. The lowest BCUT2D eigenvalue weighted by Gasteiger charge is -2.30. The van der Waals surface area contributed by atoms with E-state index in [1.165, 1.54) is 0 Å². The fraction of sp³-hybridized carbons (Fsp3) is 0.312. The summed E-state index contributed by atoms with van der Waals surface area (Å²) < 4.78 is 16.0. The molecule has 0 bridgehead atoms. The van der Waals surface area contributed by atoms with E-state index in [4.69, 9.17) is 13.9 Å². The van der Waals surface area contributed by atoms with E-state index in [2.05, 4.69) is 5.32 Å². The maximum absolute atomic E-state index is 12.1. The number of carbonyl (C=O) groups excluding carboxylic acids is 1. The van der Waals surface area contributed by atoms with Crippen molar-refractivity contribution in [1.29, 1.82) is 0 Å². The molecule has 1 N–H and O–H groups in total. The normalized spacial score (nSPS) is 13.2. The highest BCUT2D eigenvalue weighted by Gasteiger charge is 2.21. The third-order valence-electron chi connectivity index (χ3n) is 3.50. The maximum atomic E-state index is 12.1. The minimum Gasteiger partial charge on any atom is -0.497 e. The number of ether oxygens (including phenoxy) is 2. The molecular weight excluding hydrogens is 284 g/mol. The van der Waals surface area contributed by atoms with E-state index in [9.17, 15) is 4.79 Å². The number of hydrogen-bond acceptors (Lipinski definition) is 5. The van der Waals surface area contributed by atoms with Crippen LogP contribution in [0.2, 0.25) is 0 Å².